The fourth-order valence-corrected chi connectivity index (χ4v) is 2.23. The van der Waals surface area contributed by atoms with Crippen molar-refractivity contribution in [1.29, 1.82) is 0 Å². The molecule has 112 valence electrons. The van der Waals surface area contributed by atoms with Crippen LogP contribution in [0.1, 0.15) is 22.8 Å². The monoisotopic (exact) mass is 288 g/mol. The van der Waals surface area contributed by atoms with Crippen molar-refractivity contribution in [3.05, 3.63) is 53.1 Å². The van der Waals surface area contributed by atoms with Crippen LogP contribution in [0.4, 0.5) is 0 Å². The van der Waals surface area contributed by atoms with E-state index in [2.05, 4.69) is 0 Å². The van der Waals surface area contributed by atoms with Gasteiger partial charge in [-0.1, -0.05) is 6.07 Å². The van der Waals surface area contributed by atoms with Gasteiger partial charge in [0, 0.05) is 6.07 Å². The Hall–Kier alpha value is -2.20. The molecule has 0 spiro atoms. The first kappa shape index (κ1) is 15.2. The summed E-state index contributed by atoms with van der Waals surface area (Å²) in [6, 6.07) is 11.0. The summed E-state index contributed by atoms with van der Waals surface area (Å²) in [4.78, 5) is 0. The van der Waals surface area contributed by atoms with Gasteiger partial charge in [0.15, 0.2) is 0 Å². The van der Waals surface area contributed by atoms with Gasteiger partial charge in [-0.25, -0.2) is 0 Å². The van der Waals surface area contributed by atoms with Crippen LogP contribution < -0.4 is 14.2 Å². The molecule has 0 aromatic heterocycles. The predicted molar refractivity (Wildman–Crippen MR) is 81.3 cm³/mol. The van der Waals surface area contributed by atoms with Crippen molar-refractivity contribution in [3.63, 3.8) is 0 Å². The van der Waals surface area contributed by atoms with Gasteiger partial charge >= 0.3 is 0 Å². The van der Waals surface area contributed by atoms with Crippen LogP contribution >= 0.6 is 0 Å². The topological polar surface area (TPSA) is 47.9 Å². The minimum absolute atomic E-state index is 0.642. The second-order valence-corrected chi connectivity index (χ2v) is 4.83. The summed E-state index contributed by atoms with van der Waals surface area (Å²) < 4.78 is 15.7. The fourth-order valence-electron chi connectivity index (χ4n) is 2.23. The van der Waals surface area contributed by atoms with E-state index in [4.69, 9.17) is 14.2 Å². The van der Waals surface area contributed by atoms with Gasteiger partial charge in [0.2, 0.25) is 0 Å². The van der Waals surface area contributed by atoms with Crippen LogP contribution in [-0.4, -0.2) is 26.4 Å². The lowest BCUT2D eigenvalue weighted by Crippen LogP contribution is -2.02. The maximum atomic E-state index is 10.6. The molecular formula is C17H20O4. The van der Waals surface area contributed by atoms with E-state index in [1.54, 1.807) is 39.5 Å². The summed E-state index contributed by atoms with van der Waals surface area (Å²) in [7, 11) is 4.78. The number of rotatable bonds is 5. The van der Waals surface area contributed by atoms with Gasteiger partial charge in [-0.3, -0.25) is 0 Å². The number of benzene rings is 2. The zero-order chi connectivity index (χ0) is 15.4. The minimum atomic E-state index is -0.775. The number of aliphatic hydroxyl groups is 1. The number of ether oxygens (including phenoxy) is 3. The third-order valence-electron chi connectivity index (χ3n) is 3.31. The quantitative estimate of drug-likeness (QED) is 0.918. The van der Waals surface area contributed by atoms with E-state index in [-0.39, 0.29) is 0 Å². The molecule has 4 nitrogen and oxygen atoms in total. The SMILES string of the molecule is COc1cc(C)cc(C(O)c2cc(OC)cc(OC)c2)c1. The van der Waals surface area contributed by atoms with E-state index < -0.39 is 6.10 Å². The Morgan fingerprint density at radius 1 is 0.714 bits per heavy atom. The highest BCUT2D eigenvalue weighted by molar-refractivity contribution is 5.44. The maximum absolute atomic E-state index is 10.6. The number of aryl methyl sites for hydroxylation is 1. The lowest BCUT2D eigenvalue weighted by molar-refractivity contribution is 0.218. The minimum Gasteiger partial charge on any atom is -0.497 e. The van der Waals surface area contributed by atoms with E-state index in [0.717, 1.165) is 16.9 Å². The summed E-state index contributed by atoms with van der Waals surface area (Å²) in [6.07, 6.45) is -0.775. The molecule has 2 rings (SSSR count). The molecule has 1 unspecified atom stereocenters. The number of methoxy groups -OCH3 is 3. The maximum Gasteiger partial charge on any atom is 0.122 e. The first-order valence-electron chi connectivity index (χ1n) is 6.64. The largest absolute Gasteiger partial charge is 0.497 e. The highest BCUT2D eigenvalue weighted by Gasteiger charge is 2.14. The van der Waals surface area contributed by atoms with E-state index in [1.807, 2.05) is 25.1 Å². The third kappa shape index (κ3) is 3.47. The first-order chi connectivity index (χ1) is 10.1. The molecule has 0 heterocycles. The molecule has 0 bridgehead atoms. The molecule has 0 saturated carbocycles. The van der Waals surface area contributed by atoms with Crippen LogP contribution in [0, 0.1) is 6.92 Å². The number of aliphatic hydroxyl groups excluding tert-OH is 1. The van der Waals surface area contributed by atoms with Crippen molar-refractivity contribution in [2.45, 2.75) is 13.0 Å². The molecule has 1 atom stereocenters. The highest BCUT2D eigenvalue weighted by atomic mass is 16.5. The normalized spacial score (nSPS) is 11.9. The average Bonchev–Trinajstić information content (AvgIpc) is 2.52. The van der Waals surface area contributed by atoms with E-state index in [0.29, 0.717) is 17.1 Å². The van der Waals surface area contributed by atoms with Gasteiger partial charge in [0.1, 0.15) is 23.4 Å². The van der Waals surface area contributed by atoms with Crippen LogP contribution in [0.15, 0.2) is 36.4 Å². The summed E-state index contributed by atoms with van der Waals surface area (Å²) in [5.41, 5.74) is 2.50. The second kappa shape index (κ2) is 6.50. The molecule has 0 saturated heterocycles. The third-order valence-corrected chi connectivity index (χ3v) is 3.31. The predicted octanol–water partition coefficient (Wildman–Crippen LogP) is 3.10. The molecule has 0 aliphatic heterocycles. The number of hydrogen-bond acceptors (Lipinski definition) is 4. The van der Waals surface area contributed by atoms with Gasteiger partial charge in [-0.2, -0.15) is 0 Å². The van der Waals surface area contributed by atoms with Crippen LogP contribution in [0.2, 0.25) is 0 Å². The molecule has 1 N–H and O–H groups in total. The standard InChI is InChI=1S/C17H20O4/c1-11-5-12(7-14(6-11)19-2)17(18)13-8-15(20-3)10-16(9-13)21-4/h5-10,17-18H,1-4H3. The van der Waals surface area contributed by atoms with Gasteiger partial charge in [-0.05, 0) is 47.9 Å². The van der Waals surface area contributed by atoms with Crippen LogP contribution in [-0.2, 0) is 0 Å². The summed E-state index contributed by atoms with van der Waals surface area (Å²) in [5, 5.41) is 10.6. The first-order valence-corrected chi connectivity index (χ1v) is 6.64. The zero-order valence-corrected chi connectivity index (χ0v) is 12.7. The Kier molecular flexibility index (Phi) is 4.70. The molecule has 0 aliphatic rings. The summed E-state index contributed by atoms with van der Waals surface area (Å²) in [6.45, 7) is 1.96. The van der Waals surface area contributed by atoms with Crippen molar-refractivity contribution >= 4 is 0 Å². The molecule has 4 heteroatoms. The molecule has 0 amide bonds. The lowest BCUT2D eigenvalue weighted by atomic mass is 9.99. The van der Waals surface area contributed by atoms with Crippen molar-refractivity contribution < 1.29 is 19.3 Å². The Bertz CT molecular complexity index is 600. The van der Waals surface area contributed by atoms with Crippen molar-refractivity contribution in [2.24, 2.45) is 0 Å². The molecule has 0 aliphatic carbocycles. The smallest absolute Gasteiger partial charge is 0.122 e. The molecule has 0 radical (unpaired) electrons. The molecule has 2 aromatic carbocycles. The van der Waals surface area contributed by atoms with Crippen LogP contribution in [0.5, 0.6) is 17.2 Å². The second-order valence-electron chi connectivity index (χ2n) is 4.83. The van der Waals surface area contributed by atoms with Gasteiger partial charge in [0.05, 0.1) is 21.3 Å². The highest BCUT2D eigenvalue weighted by Crippen LogP contribution is 2.31. The average molecular weight is 288 g/mol. The molecule has 21 heavy (non-hydrogen) atoms. The van der Waals surface area contributed by atoms with Gasteiger partial charge in [0.25, 0.3) is 0 Å². The lowest BCUT2D eigenvalue weighted by Gasteiger charge is -2.16. The number of hydrogen-bond donors (Lipinski definition) is 1. The Balaban J connectivity index is 2.43. The summed E-state index contributed by atoms with van der Waals surface area (Å²) >= 11 is 0. The molecular weight excluding hydrogens is 268 g/mol. The summed E-state index contributed by atoms with van der Waals surface area (Å²) in [5.74, 6) is 2.00. The zero-order valence-electron chi connectivity index (χ0n) is 12.7. The molecule has 2 aromatic rings. The van der Waals surface area contributed by atoms with Crippen molar-refractivity contribution in [1.82, 2.24) is 0 Å². The Morgan fingerprint density at radius 2 is 1.14 bits per heavy atom. The van der Waals surface area contributed by atoms with Crippen molar-refractivity contribution in [2.75, 3.05) is 21.3 Å². The van der Waals surface area contributed by atoms with Crippen molar-refractivity contribution in [3.8, 4) is 17.2 Å². The Labute approximate surface area is 124 Å². The van der Waals surface area contributed by atoms with Crippen LogP contribution in [0.25, 0.3) is 0 Å². The van der Waals surface area contributed by atoms with Gasteiger partial charge in [-0.15, -0.1) is 0 Å². The molecule has 0 fully saturated rings. The van der Waals surface area contributed by atoms with Gasteiger partial charge < -0.3 is 19.3 Å². The fraction of sp³-hybridized carbons (Fsp3) is 0.294. The van der Waals surface area contributed by atoms with E-state index in [1.165, 1.54) is 0 Å². The Morgan fingerprint density at radius 3 is 1.62 bits per heavy atom. The van der Waals surface area contributed by atoms with E-state index in [9.17, 15) is 5.11 Å². The van der Waals surface area contributed by atoms with E-state index >= 15 is 0 Å². The van der Waals surface area contributed by atoms with Crippen LogP contribution in [0.3, 0.4) is 0 Å².